The highest BCUT2D eigenvalue weighted by molar-refractivity contribution is 5.77. The van der Waals surface area contributed by atoms with Crippen molar-refractivity contribution in [1.29, 1.82) is 0 Å². The Labute approximate surface area is 116 Å². The third kappa shape index (κ3) is 3.68. The Morgan fingerprint density at radius 2 is 1.95 bits per heavy atom. The molecule has 0 aromatic carbocycles. The van der Waals surface area contributed by atoms with Gasteiger partial charge in [0.2, 0.25) is 5.91 Å². The van der Waals surface area contributed by atoms with Gasteiger partial charge in [0.25, 0.3) is 0 Å². The molecule has 2 aliphatic rings. The molecule has 2 N–H and O–H groups in total. The molecule has 2 heterocycles. The van der Waals surface area contributed by atoms with E-state index in [9.17, 15) is 4.79 Å². The fraction of sp³-hybridized carbons (Fsp3) is 0.929. The topological polar surface area (TPSA) is 52.8 Å². The predicted molar refractivity (Wildman–Crippen MR) is 76.9 cm³/mol. The van der Waals surface area contributed by atoms with E-state index in [1.54, 1.807) is 0 Å². The maximum absolute atomic E-state index is 12.3. The van der Waals surface area contributed by atoms with Crippen LogP contribution in [-0.2, 0) is 4.79 Å². The normalized spacial score (nSPS) is 27.7. The van der Waals surface area contributed by atoms with Crippen LogP contribution in [0.1, 0.15) is 26.2 Å². The van der Waals surface area contributed by atoms with E-state index in [1.807, 2.05) is 4.90 Å². The summed E-state index contributed by atoms with van der Waals surface area (Å²) in [5.74, 6) is 0.291. The molecule has 0 saturated carbocycles. The molecule has 5 nitrogen and oxygen atoms in total. The summed E-state index contributed by atoms with van der Waals surface area (Å²) in [5, 5.41) is 0. The fourth-order valence-corrected chi connectivity index (χ4v) is 3.33. The molecule has 19 heavy (non-hydrogen) atoms. The van der Waals surface area contributed by atoms with Crippen molar-refractivity contribution in [3.63, 3.8) is 0 Å². The van der Waals surface area contributed by atoms with Crippen LogP contribution in [0.15, 0.2) is 0 Å². The number of hydrogen-bond donors (Lipinski definition) is 1. The first kappa shape index (κ1) is 14.8. The lowest BCUT2D eigenvalue weighted by Gasteiger charge is -2.42. The van der Waals surface area contributed by atoms with E-state index < -0.39 is 0 Å². The number of carbonyl (C=O) groups is 1. The number of nitrogens with zero attached hydrogens (tertiary/aromatic N) is 3. The lowest BCUT2D eigenvalue weighted by Crippen LogP contribution is -2.57. The van der Waals surface area contributed by atoms with Gasteiger partial charge in [-0.1, -0.05) is 0 Å². The van der Waals surface area contributed by atoms with Crippen LogP contribution in [0.3, 0.4) is 0 Å². The molecule has 110 valence electrons. The number of hydrogen-bond acceptors (Lipinski definition) is 4. The molecule has 2 fully saturated rings. The van der Waals surface area contributed by atoms with Crippen molar-refractivity contribution >= 4 is 5.91 Å². The van der Waals surface area contributed by atoms with Crippen LogP contribution in [0.25, 0.3) is 0 Å². The van der Waals surface area contributed by atoms with E-state index in [2.05, 4.69) is 23.8 Å². The number of rotatable bonds is 4. The average molecular weight is 268 g/mol. The van der Waals surface area contributed by atoms with Gasteiger partial charge in [-0.15, -0.1) is 0 Å². The van der Waals surface area contributed by atoms with E-state index in [0.29, 0.717) is 24.9 Å². The Morgan fingerprint density at radius 1 is 1.26 bits per heavy atom. The molecule has 2 saturated heterocycles. The van der Waals surface area contributed by atoms with E-state index in [-0.39, 0.29) is 6.04 Å². The van der Waals surface area contributed by atoms with Gasteiger partial charge >= 0.3 is 0 Å². The summed E-state index contributed by atoms with van der Waals surface area (Å²) >= 11 is 0. The zero-order valence-corrected chi connectivity index (χ0v) is 12.3. The minimum absolute atomic E-state index is 0.205. The van der Waals surface area contributed by atoms with Gasteiger partial charge in [-0.25, -0.2) is 0 Å². The Bertz CT molecular complexity index is 304. The van der Waals surface area contributed by atoms with Crippen LogP contribution in [0.5, 0.6) is 0 Å². The van der Waals surface area contributed by atoms with Crippen molar-refractivity contribution in [3.05, 3.63) is 0 Å². The summed E-state index contributed by atoms with van der Waals surface area (Å²) in [5.41, 5.74) is 5.92. The number of nitrogens with two attached hydrogens (primary N) is 1. The molecular formula is C14H28N4O. The van der Waals surface area contributed by atoms with Crippen LogP contribution in [0.4, 0.5) is 0 Å². The Hall–Kier alpha value is -0.650. The summed E-state index contributed by atoms with van der Waals surface area (Å²) in [6.07, 6.45) is 2.90. The van der Waals surface area contributed by atoms with Gasteiger partial charge in [-0.3, -0.25) is 9.69 Å². The zero-order valence-electron chi connectivity index (χ0n) is 12.3. The minimum atomic E-state index is 0.205. The maximum atomic E-state index is 12.3. The largest absolute Gasteiger partial charge is 0.343 e. The van der Waals surface area contributed by atoms with Gasteiger partial charge < -0.3 is 15.5 Å². The maximum Gasteiger partial charge on any atom is 0.224 e. The number of likely N-dealkylation sites (N-methyl/N-ethyl adjacent to an activating group) is 1. The first-order chi connectivity index (χ1) is 9.11. The van der Waals surface area contributed by atoms with E-state index >= 15 is 0 Å². The highest BCUT2D eigenvalue weighted by atomic mass is 16.2. The van der Waals surface area contributed by atoms with Gasteiger partial charge in [0.05, 0.1) is 0 Å². The summed E-state index contributed by atoms with van der Waals surface area (Å²) < 4.78 is 0. The van der Waals surface area contributed by atoms with Crippen LogP contribution < -0.4 is 5.73 Å². The van der Waals surface area contributed by atoms with Crippen LogP contribution in [0.2, 0.25) is 0 Å². The lowest BCUT2D eigenvalue weighted by molar-refractivity contribution is -0.131. The molecule has 1 amide bonds. The second-order valence-corrected chi connectivity index (χ2v) is 6.03. The van der Waals surface area contributed by atoms with Crippen LogP contribution in [-0.4, -0.2) is 79.0 Å². The van der Waals surface area contributed by atoms with Crippen molar-refractivity contribution in [3.8, 4) is 0 Å². The van der Waals surface area contributed by atoms with Gasteiger partial charge in [0, 0.05) is 57.8 Å². The summed E-state index contributed by atoms with van der Waals surface area (Å²) in [6, 6.07) is 0.690. The van der Waals surface area contributed by atoms with E-state index in [4.69, 9.17) is 5.73 Å². The Balaban J connectivity index is 1.90. The quantitative estimate of drug-likeness (QED) is 0.777. The third-order valence-corrected chi connectivity index (χ3v) is 4.49. The fourth-order valence-electron chi connectivity index (χ4n) is 3.33. The van der Waals surface area contributed by atoms with Crippen LogP contribution >= 0.6 is 0 Å². The first-order valence-electron chi connectivity index (χ1n) is 7.54. The van der Waals surface area contributed by atoms with E-state index in [0.717, 1.165) is 45.6 Å². The third-order valence-electron chi connectivity index (χ3n) is 4.49. The molecule has 2 atom stereocenters. The molecule has 0 spiro atoms. The lowest BCUT2D eigenvalue weighted by atomic mass is 10.1. The Kier molecular flexibility index (Phi) is 5.19. The van der Waals surface area contributed by atoms with Gasteiger partial charge in [-0.2, -0.15) is 0 Å². The molecule has 2 rings (SSSR count). The Morgan fingerprint density at radius 3 is 2.53 bits per heavy atom. The number of amides is 1. The second-order valence-electron chi connectivity index (χ2n) is 6.03. The molecular weight excluding hydrogens is 240 g/mol. The SMILES string of the molecule is CC1CN(C)CCN1C(CN)CC(=O)N1CCCC1. The molecule has 0 aromatic rings. The molecule has 2 aliphatic heterocycles. The van der Waals surface area contributed by atoms with Crippen molar-refractivity contribution < 1.29 is 4.79 Å². The van der Waals surface area contributed by atoms with Gasteiger partial charge in [0.1, 0.15) is 0 Å². The standard InChI is InChI=1S/C14H28N4O/c1-12-11-16(2)7-8-18(12)13(10-15)9-14(19)17-5-3-4-6-17/h12-13H,3-11,15H2,1-2H3. The zero-order chi connectivity index (χ0) is 13.8. The molecule has 2 unspecified atom stereocenters. The molecule has 0 bridgehead atoms. The second kappa shape index (κ2) is 6.68. The molecule has 0 radical (unpaired) electrons. The highest BCUT2D eigenvalue weighted by Gasteiger charge is 2.30. The highest BCUT2D eigenvalue weighted by Crippen LogP contribution is 2.16. The van der Waals surface area contributed by atoms with Gasteiger partial charge in [-0.05, 0) is 26.8 Å². The van der Waals surface area contributed by atoms with Crippen LogP contribution in [0, 0.1) is 0 Å². The number of likely N-dealkylation sites (tertiary alicyclic amines) is 1. The summed E-state index contributed by atoms with van der Waals surface area (Å²) in [7, 11) is 2.15. The summed E-state index contributed by atoms with van der Waals surface area (Å²) in [6.45, 7) is 7.84. The van der Waals surface area contributed by atoms with Crippen molar-refractivity contribution in [2.45, 2.75) is 38.3 Å². The van der Waals surface area contributed by atoms with Crippen molar-refractivity contribution in [2.24, 2.45) is 5.73 Å². The van der Waals surface area contributed by atoms with E-state index in [1.165, 1.54) is 0 Å². The average Bonchev–Trinajstić information content (AvgIpc) is 2.90. The number of carbonyl (C=O) groups excluding carboxylic acids is 1. The number of piperazine rings is 1. The molecule has 5 heteroatoms. The first-order valence-corrected chi connectivity index (χ1v) is 7.54. The molecule has 0 aromatic heterocycles. The monoisotopic (exact) mass is 268 g/mol. The minimum Gasteiger partial charge on any atom is -0.343 e. The molecule has 0 aliphatic carbocycles. The predicted octanol–water partition coefficient (Wildman–Crippen LogP) is -0.0379. The van der Waals surface area contributed by atoms with Crippen molar-refractivity contribution in [1.82, 2.24) is 14.7 Å². The van der Waals surface area contributed by atoms with Crippen molar-refractivity contribution in [2.75, 3.05) is 46.3 Å². The summed E-state index contributed by atoms with van der Waals surface area (Å²) in [4.78, 5) is 19.0. The van der Waals surface area contributed by atoms with Gasteiger partial charge in [0.15, 0.2) is 0 Å². The smallest absolute Gasteiger partial charge is 0.224 e.